The molecular formula is C40H36F2N4O4S2. The number of rotatable bonds is 7. The maximum Gasteiger partial charge on any atom is 0.259 e. The van der Waals surface area contributed by atoms with E-state index in [4.69, 9.17) is 4.74 Å². The van der Waals surface area contributed by atoms with Crippen LogP contribution in [0, 0.1) is 17.0 Å². The monoisotopic (exact) mass is 738 g/mol. The lowest BCUT2D eigenvalue weighted by Crippen LogP contribution is -2.43. The molecule has 0 radical (unpaired) electrons. The molecule has 0 aliphatic carbocycles. The van der Waals surface area contributed by atoms with Crippen molar-refractivity contribution in [3.8, 4) is 9.75 Å². The number of nitrogens with one attached hydrogen (secondary N) is 1. The Hall–Kier alpha value is -4.78. The topological polar surface area (TPSA) is 91.8 Å². The van der Waals surface area contributed by atoms with Crippen molar-refractivity contribution < 1.29 is 27.9 Å². The number of ketones is 1. The van der Waals surface area contributed by atoms with Gasteiger partial charge in [0.2, 0.25) is 0 Å². The molecule has 0 saturated carbocycles. The van der Waals surface area contributed by atoms with Crippen LogP contribution in [0.1, 0.15) is 67.2 Å². The van der Waals surface area contributed by atoms with Crippen molar-refractivity contribution in [1.82, 2.24) is 4.98 Å². The molecule has 2 amide bonds. The fourth-order valence-electron chi connectivity index (χ4n) is 7.52. The van der Waals surface area contributed by atoms with E-state index in [0.29, 0.717) is 45.9 Å². The molecule has 1 spiro atoms. The third kappa shape index (κ3) is 6.66. The molecule has 0 bridgehead atoms. The summed E-state index contributed by atoms with van der Waals surface area (Å²) in [6, 6.07) is 17.7. The van der Waals surface area contributed by atoms with Gasteiger partial charge in [-0.3, -0.25) is 14.4 Å². The minimum Gasteiger partial charge on any atom is -0.381 e. The standard InChI is InChI=1S/C40H36F2N4O4S2/c41-30-4-1-5-31(42)29(30)24-33(47)34-23-26-10-17-46(32-11-22-51-36(32)35(26)52-34)39(49)25-6-8-27(9-7-25)44-38(48)28-3-2-16-43-37(28)45-18-12-40(13-19-45)14-20-50-21-15-40/h1-9,11,16,22-23H,10,12-15,17-21,24H2,(H,44,48). The van der Waals surface area contributed by atoms with Crippen LogP contribution in [0.4, 0.5) is 26.0 Å². The molecule has 12 heteroatoms. The lowest BCUT2D eigenvalue weighted by atomic mass is 9.72. The Labute approximate surface area is 308 Å². The van der Waals surface area contributed by atoms with Gasteiger partial charge in [0.15, 0.2) is 5.78 Å². The quantitative estimate of drug-likeness (QED) is 0.169. The average Bonchev–Trinajstić information content (AvgIpc) is 3.79. The van der Waals surface area contributed by atoms with Crippen molar-refractivity contribution in [2.24, 2.45) is 5.41 Å². The van der Waals surface area contributed by atoms with E-state index in [1.807, 2.05) is 11.4 Å². The van der Waals surface area contributed by atoms with Crippen LogP contribution < -0.4 is 15.1 Å². The van der Waals surface area contributed by atoms with E-state index in [1.54, 1.807) is 53.6 Å². The molecule has 2 fully saturated rings. The summed E-state index contributed by atoms with van der Waals surface area (Å²) < 4.78 is 34.1. The predicted molar refractivity (Wildman–Crippen MR) is 200 cm³/mol. The summed E-state index contributed by atoms with van der Waals surface area (Å²) in [7, 11) is 0. The SMILES string of the molecule is O=C(Cc1c(F)cccc1F)c1cc2c(s1)-c1sccc1N(C(=O)c1ccc(NC(=O)c3cccnc3N3CCC4(CCOCC4)CC3)cc1)CC2. The summed E-state index contributed by atoms with van der Waals surface area (Å²) >= 11 is 2.77. The number of hydrogen-bond acceptors (Lipinski definition) is 8. The molecule has 0 unspecified atom stereocenters. The minimum absolute atomic E-state index is 0.180. The van der Waals surface area contributed by atoms with Crippen LogP contribution in [0.5, 0.6) is 0 Å². The molecule has 8 rings (SSSR count). The molecule has 1 N–H and O–H groups in total. The Morgan fingerprint density at radius 1 is 0.885 bits per heavy atom. The first-order valence-electron chi connectivity index (χ1n) is 17.5. The van der Waals surface area contributed by atoms with Crippen molar-refractivity contribution in [3.05, 3.63) is 117 Å². The number of Topliss-reactive ketones (excluding diaryl/α,β-unsaturated/α-hetero) is 1. The summed E-state index contributed by atoms with van der Waals surface area (Å²) in [5.74, 6) is -1.58. The van der Waals surface area contributed by atoms with Crippen molar-refractivity contribution in [2.75, 3.05) is 48.0 Å². The fourth-order valence-corrected chi connectivity index (χ4v) is 9.75. The van der Waals surface area contributed by atoms with Crippen molar-refractivity contribution >= 4 is 57.5 Å². The summed E-state index contributed by atoms with van der Waals surface area (Å²) in [4.78, 5) is 51.3. The Bertz CT molecular complexity index is 2130. The van der Waals surface area contributed by atoms with Gasteiger partial charge in [0.25, 0.3) is 11.8 Å². The summed E-state index contributed by atoms with van der Waals surface area (Å²) in [6.07, 6.45) is 6.15. The van der Waals surface area contributed by atoms with Crippen molar-refractivity contribution in [2.45, 2.75) is 38.5 Å². The molecular weight excluding hydrogens is 703 g/mol. The number of nitrogens with zero attached hydrogens (tertiary/aromatic N) is 3. The molecule has 2 saturated heterocycles. The molecule has 6 heterocycles. The number of aromatic nitrogens is 1. The summed E-state index contributed by atoms with van der Waals surface area (Å²) in [5.41, 5.74) is 3.31. The minimum atomic E-state index is -0.740. The van der Waals surface area contributed by atoms with Gasteiger partial charge in [0.1, 0.15) is 17.5 Å². The van der Waals surface area contributed by atoms with Crippen LogP contribution in [-0.4, -0.2) is 55.4 Å². The highest BCUT2D eigenvalue weighted by atomic mass is 32.1. The van der Waals surface area contributed by atoms with Crippen molar-refractivity contribution in [3.63, 3.8) is 0 Å². The number of amides is 2. The molecule has 2 aromatic carbocycles. The molecule has 8 nitrogen and oxygen atoms in total. The largest absolute Gasteiger partial charge is 0.381 e. The average molecular weight is 739 g/mol. The molecule has 266 valence electrons. The smallest absolute Gasteiger partial charge is 0.259 e. The van der Waals surface area contributed by atoms with Crippen LogP contribution in [-0.2, 0) is 17.6 Å². The number of hydrogen-bond donors (Lipinski definition) is 1. The second-order valence-electron chi connectivity index (χ2n) is 13.6. The molecule has 3 aromatic heterocycles. The second-order valence-corrected chi connectivity index (χ2v) is 15.6. The van der Waals surface area contributed by atoms with Gasteiger partial charge in [0.05, 0.1) is 25.9 Å². The van der Waals surface area contributed by atoms with Gasteiger partial charge < -0.3 is 19.9 Å². The Morgan fingerprint density at radius 3 is 2.38 bits per heavy atom. The predicted octanol–water partition coefficient (Wildman–Crippen LogP) is 8.43. The van der Waals surface area contributed by atoms with Gasteiger partial charge in [-0.15, -0.1) is 22.7 Å². The highest BCUT2D eigenvalue weighted by molar-refractivity contribution is 7.23. The molecule has 52 heavy (non-hydrogen) atoms. The van der Waals surface area contributed by atoms with E-state index in [1.165, 1.54) is 28.7 Å². The van der Waals surface area contributed by atoms with Crippen molar-refractivity contribution in [1.29, 1.82) is 0 Å². The normalized spacial score (nSPS) is 16.6. The van der Waals surface area contributed by atoms with E-state index in [9.17, 15) is 23.2 Å². The number of ether oxygens (including phenoxy) is 1. The lowest BCUT2D eigenvalue weighted by molar-refractivity contribution is 0.00205. The number of piperidine rings is 1. The maximum absolute atomic E-state index is 14.2. The van der Waals surface area contributed by atoms with E-state index >= 15 is 0 Å². The van der Waals surface area contributed by atoms with Crippen LogP contribution in [0.3, 0.4) is 0 Å². The molecule has 3 aliphatic heterocycles. The number of fused-ring (bicyclic) bond motifs is 3. The zero-order valence-electron chi connectivity index (χ0n) is 28.3. The van der Waals surface area contributed by atoms with E-state index in [0.717, 1.165) is 85.1 Å². The highest BCUT2D eigenvalue weighted by Crippen LogP contribution is 2.46. The van der Waals surface area contributed by atoms with Crippen LogP contribution >= 0.6 is 22.7 Å². The zero-order valence-corrected chi connectivity index (χ0v) is 30.0. The number of carbonyl (C=O) groups is 3. The number of benzene rings is 2. The maximum atomic E-state index is 14.2. The molecule has 3 aliphatic rings. The van der Waals surface area contributed by atoms with E-state index < -0.39 is 11.6 Å². The first-order valence-corrected chi connectivity index (χ1v) is 19.2. The lowest BCUT2D eigenvalue weighted by Gasteiger charge is -2.44. The van der Waals surface area contributed by atoms with Crippen LogP contribution in [0.2, 0.25) is 0 Å². The fraction of sp³-hybridized carbons (Fsp3) is 0.300. The highest BCUT2D eigenvalue weighted by Gasteiger charge is 2.37. The van der Waals surface area contributed by atoms with Gasteiger partial charge in [-0.25, -0.2) is 13.8 Å². The van der Waals surface area contributed by atoms with E-state index in [-0.39, 0.29) is 29.6 Å². The van der Waals surface area contributed by atoms with Crippen LogP contribution in [0.15, 0.2) is 78.3 Å². The first kappa shape index (κ1) is 34.3. The van der Waals surface area contributed by atoms with Gasteiger partial charge in [0, 0.05) is 62.3 Å². The Kier molecular flexibility index (Phi) is 9.45. The van der Waals surface area contributed by atoms with E-state index in [2.05, 4.69) is 15.2 Å². The third-order valence-electron chi connectivity index (χ3n) is 10.6. The third-order valence-corrected chi connectivity index (χ3v) is 12.9. The molecule has 5 aromatic rings. The van der Waals surface area contributed by atoms with Gasteiger partial charge >= 0.3 is 0 Å². The Morgan fingerprint density at radius 2 is 1.63 bits per heavy atom. The summed E-state index contributed by atoms with van der Waals surface area (Å²) in [5, 5.41) is 4.90. The zero-order chi connectivity index (χ0) is 35.8. The number of thiophene rings is 2. The first-order chi connectivity index (χ1) is 25.3. The van der Waals surface area contributed by atoms with Crippen LogP contribution in [0.25, 0.3) is 9.75 Å². The van der Waals surface area contributed by atoms with Gasteiger partial charge in [-0.1, -0.05) is 6.07 Å². The molecule has 0 atom stereocenters. The number of pyridine rings is 1. The Balaban J connectivity index is 0.943. The number of halogens is 2. The second kappa shape index (κ2) is 14.3. The van der Waals surface area contributed by atoms with Gasteiger partial charge in [-0.05, 0) is 109 Å². The number of anilines is 3. The number of carbonyl (C=O) groups excluding carboxylic acids is 3. The summed E-state index contributed by atoms with van der Waals surface area (Å²) in [6.45, 7) is 3.72. The van der Waals surface area contributed by atoms with Gasteiger partial charge in [-0.2, -0.15) is 0 Å².